The number of rotatable bonds is 3. The molecule has 1 aliphatic heterocycles. The fourth-order valence-corrected chi connectivity index (χ4v) is 3.70. The van der Waals surface area contributed by atoms with Gasteiger partial charge in [0, 0.05) is 18.3 Å². The fourth-order valence-electron chi connectivity index (χ4n) is 2.45. The van der Waals surface area contributed by atoms with E-state index in [4.69, 9.17) is 5.73 Å². The third-order valence-electron chi connectivity index (χ3n) is 3.66. The van der Waals surface area contributed by atoms with Gasteiger partial charge in [0.2, 0.25) is 12.4 Å². The zero-order valence-corrected chi connectivity index (χ0v) is 11.8. The predicted molar refractivity (Wildman–Crippen MR) is 77.8 cm³/mol. The molecular weight excluding hydrogens is 279 g/mol. The monoisotopic (exact) mass is 294 g/mol. The first-order valence-corrected chi connectivity index (χ1v) is 7.09. The van der Waals surface area contributed by atoms with Crippen molar-refractivity contribution in [1.82, 2.24) is 4.31 Å². The van der Waals surface area contributed by atoms with Crippen molar-refractivity contribution in [3.05, 3.63) is 29.6 Å². The summed E-state index contributed by atoms with van der Waals surface area (Å²) < 4.78 is 15.9. The van der Waals surface area contributed by atoms with Crippen LogP contribution in [0.15, 0.2) is 23.2 Å². The number of aliphatic imine (C=N–C) groups is 1. The lowest BCUT2D eigenvalue weighted by molar-refractivity contribution is -0.105. The number of nitrogens with one attached hydrogen (secondary N) is 1. The molecule has 1 amide bonds. The lowest BCUT2D eigenvalue weighted by Crippen LogP contribution is -2.38. The summed E-state index contributed by atoms with van der Waals surface area (Å²) in [4.78, 5) is 15.0. The molecule has 1 aliphatic carbocycles. The van der Waals surface area contributed by atoms with E-state index in [0.717, 1.165) is 12.8 Å². The van der Waals surface area contributed by atoms with Crippen molar-refractivity contribution in [2.75, 3.05) is 12.4 Å². The SMILES string of the molecule is CN1SC2(CC2)C(c2cc(NC=O)ccc2F)N=C1N. The summed E-state index contributed by atoms with van der Waals surface area (Å²) in [6, 6.07) is 4.21. The summed E-state index contributed by atoms with van der Waals surface area (Å²) in [6.07, 6.45) is 2.54. The molecule has 0 aromatic heterocycles. The van der Waals surface area contributed by atoms with Gasteiger partial charge in [-0.2, -0.15) is 0 Å². The fraction of sp³-hybridized carbons (Fsp3) is 0.385. The second kappa shape index (κ2) is 4.66. The highest BCUT2D eigenvalue weighted by Crippen LogP contribution is 2.60. The summed E-state index contributed by atoms with van der Waals surface area (Å²) in [6.45, 7) is 0. The van der Waals surface area contributed by atoms with Gasteiger partial charge >= 0.3 is 0 Å². The Labute approximate surface area is 120 Å². The summed E-state index contributed by atoms with van der Waals surface area (Å²) >= 11 is 1.61. The van der Waals surface area contributed by atoms with E-state index in [1.807, 2.05) is 11.4 Å². The van der Waals surface area contributed by atoms with Gasteiger partial charge in [-0.05, 0) is 43.0 Å². The summed E-state index contributed by atoms with van der Waals surface area (Å²) in [5.74, 6) is 0.0742. The largest absolute Gasteiger partial charge is 0.369 e. The molecule has 3 rings (SSSR count). The average molecular weight is 294 g/mol. The van der Waals surface area contributed by atoms with Crippen molar-refractivity contribution in [3.8, 4) is 0 Å². The topological polar surface area (TPSA) is 70.7 Å². The maximum absolute atomic E-state index is 14.1. The number of halogens is 1. The molecule has 2 aliphatic rings. The van der Waals surface area contributed by atoms with Crippen LogP contribution in [0.25, 0.3) is 0 Å². The van der Waals surface area contributed by atoms with Gasteiger partial charge in [-0.25, -0.2) is 9.38 Å². The summed E-state index contributed by atoms with van der Waals surface area (Å²) in [5, 5.41) is 2.54. The molecule has 0 bridgehead atoms. The molecular formula is C13H15FN4OS. The molecule has 1 aromatic carbocycles. The van der Waals surface area contributed by atoms with E-state index in [0.29, 0.717) is 23.6 Å². The minimum atomic E-state index is -0.320. The predicted octanol–water partition coefficient (Wildman–Crippen LogP) is 1.88. The van der Waals surface area contributed by atoms with Crippen molar-refractivity contribution >= 4 is 30.0 Å². The molecule has 20 heavy (non-hydrogen) atoms. The van der Waals surface area contributed by atoms with Gasteiger partial charge in [-0.15, -0.1) is 0 Å². The van der Waals surface area contributed by atoms with E-state index >= 15 is 0 Å². The molecule has 1 unspecified atom stereocenters. The Morgan fingerprint density at radius 2 is 2.35 bits per heavy atom. The van der Waals surface area contributed by atoms with Crippen LogP contribution in [-0.4, -0.2) is 28.5 Å². The van der Waals surface area contributed by atoms with Gasteiger partial charge < -0.3 is 11.1 Å². The van der Waals surface area contributed by atoms with Crippen LogP contribution in [0.5, 0.6) is 0 Å². The molecule has 7 heteroatoms. The highest BCUT2D eigenvalue weighted by molar-refractivity contribution is 7.99. The van der Waals surface area contributed by atoms with Crippen molar-refractivity contribution < 1.29 is 9.18 Å². The number of nitrogens with zero attached hydrogens (tertiary/aromatic N) is 2. The van der Waals surface area contributed by atoms with Crippen LogP contribution in [0.3, 0.4) is 0 Å². The third kappa shape index (κ3) is 2.11. The zero-order chi connectivity index (χ0) is 14.3. The van der Waals surface area contributed by atoms with Crippen LogP contribution in [-0.2, 0) is 4.79 Å². The summed E-state index contributed by atoms with van der Waals surface area (Å²) in [5.41, 5.74) is 6.91. The highest BCUT2D eigenvalue weighted by Gasteiger charge is 2.55. The van der Waals surface area contributed by atoms with Crippen LogP contribution >= 0.6 is 11.9 Å². The molecule has 3 N–H and O–H groups in total. The van der Waals surface area contributed by atoms with E-state index in [9.17, 15) is 9.18 Å². The van der Waals surface area contributed by atoms with Crippen molar-refractivity contribution in [2.45, 2.75) is 23.6 Å². The Morgan fingerprint density at radius 1 is 1.60 bits per heavy atom. The molecule has 5 nitrogen and oxygen atoms in total. The summed E-state index contributed by atoms with van der Waals surface area (Å²) in [7, 11) is 1.86. The minimum absolute atomic E-state index is 0.0989. The normalized spacial score (nSPS) is 23.4. The molecule has 1 fully saturated rings. The maximum atomic E-state index is 14.1. The Kier molecular flexibility index (Phi) is 3.08. The van der Waals surface area contributed by atoms with Gasteiger partial charge in [0.15, 0.2) is 0 Å². The zero-order valence-electron chi connectivity index (χ0n) is 11.0. The number of carbonyl (C=O) groups excluding carboxylic acids is 1. The molecule has 0 radical (unpaired) electrons. The average Bonchev–Trinajstić information content (AvgIpc) is 3.17. The maximum Gasteiger partial charge on any atom is 0.211 e. The molecule has 1 aromatic rings. The number of guanidine groups is 1. The number of anilines is 1. The van der Waals surface area contributed by atoms with Crippen molar-refractivity contribution in [1.29, 1.82) is 0 Å². The van der Waals surface area contributed by atoms with Gasteiger partial charge in [-0.3, -0.25) is 9.10 Å². The number of nitrogens with two attached hydrogens (primary N) is 1. The van der Waals surface area contributed by atoms with Crippen molar-refractivity contribution in [3.63, 3.8) is 0 Å². The van der Waals surface area contributed by atoms with Gasteiger partial charge in [0.25, 0.3) is 0 Å². The lowest BCUT2D eigenvalue weighted by atomic mass is 10.0. The van der Waals surface area contributed by atoms with E-state index in [1.54, 1.807) is 18.0 Å². The standard InChI is InChI=1S/C13H15FN4OS/c1-18-12(15)17-11(13(20-18)4-5-13)9-6-8(16-7-19)2-3-10(9)14/h2-3,6-7,11H,4-5H2,1H3,(H2,15,17)(H,16,19). The molecule has 1 spiro atoms. The van der Waals surface area contributed by atoms with Crippen LogP contribution in [0, 0.1) is 5.82 Å². The lowest BCUT2D eigenvalue weighted by Gasteiger charge is -2.34. The van der Waals surface area contributed by atoms with Crippen LogP contribution < -0.4 is 11.1 Å². The highest BCUT2D eigenvalue weighted by atomic mass is 32.2. The first-order chi connectivity index (χ1) is 9.55. The minimum Gasteiger partial charge on any atom is -0.369 e. The van der Waals surface area contributed by atoms with Crippen LogP contribution in [0.4, 0.5) is 10.1 Å². The molecule has 1 heterocycles. The molecule has 1 atom stereocenters. The van der Waals surface area contributed by atoms with E-state index < -0.39 is 0 Å². The Balaban J connectivity index is 2.03. The first-order valence-electron chi connectivity index (χ1n) is 6.31. The third-order valence-corrected chi connectivity index (χ3v) is 5.12. The van der Waals surface area contributed by atoms with Gasteiger partial charge in [0.05, 0.1) is 10.8 Å². The van der Waals surface area contributed by atoms with E-state index in [-0.39, 0.29) is 16.6 Å². The van der Waals surface area contributed by atoms with Crippen molar-refractivity contribution in [2.24, 2.45) is 10.7 Å². The Hall–Kier alpha value is -1.76. The second-order valence-corrected chi connectivity index (χ2v) is 6.59. The smallest absolute Gasteiger partial charge is 0.211 e. The molecule has 1 saturated carbocycles. The quantitative estimate of drug-likeness (QED) is 0.659. The van der Waals surface area contributed by atoms with Crippen LogP contribution in [0.1, 0.15) is 24.4 Å². The van der Waals surface area contributed by atoms with E-state index in [2.05, 4.69) is 10.3 Å². The Morgan fingerprint density at radius 3 is 3.00 bits per heavy atom. The number of hydrogen-bond acceptors (Lipinski definition) is 5. The van der Waals surface area contributed by atoms with E-state index in [1.165, 1.54) is 12.1 Å². The second-order valence-electron chi connectivity index (χ2n) is 5.04. The number of benzene rings is 1. The number of carbonyl (C=O) groups is 1. The molecule has 0 saturated heterocycles. The number of amides is 1. The molecule has 106 valence electrons. The van der Waals surface area contributed by atoms with Gasteiger partial charge in [-0.1, -0.05) is 0 Å². The Bertz CT molecular complexity index is 588. The van der Waals surface area contributed by atoms with Crippen LogP contribution in [0.2, 0.25) is 0 Å². The number of hydrogen-bond donors (Lipinski definition) is 2. The van der Waals surface area contributed by atoms with Gasteiger partial charge in [0.1, 0.15) is 5.82 Å². The first kappa shape index (κ1) is 13.2.